The van der Waals surface area contributed by atoms with Crippen molar-refractivity contribution in [1.82, 2.24) is 0 Å². The summed E-state index contributed by atoms with van der Waals surface area (Å²) in [5.41, 5.74) is 6.66. The van der Waals surface area contributed by atoms with E-state index in [0.717, 1.165) is 12.8 Å². The van der Waals surface area contributed by atoms with E-state index in [1.165, 1.54) is 19.3 Å². The second-order valence-electron chi connectivity index (χ2n) is 6.67. The Kier molecular flexibility index (Phi) is 3.52. The first-order valence-electron chi connectivity index (χ1n) is 6.12. The first-order valence-corrected chi connectivity index (χ1v) is 6.12. The van der Waals surface area contributed by atoms with Crippen molar-refractivity contribution in [1.29, 1.82) is 0 Å². The molecule has 2 heteroatoms. The van der Waals surface area contributed by atoms with E-state index in [1.54, 1.807) is 0 Å². The summed E-state index contributed by atoms with van der Waals surface area (Å²) in [6, 6.07) is 0. The van der Waals surface area contributed by atoms with Crippen LogP contribution in [-0.4, -0.2) is 17.3 Å². The van der Waals surface area contributed by atoms with Crippen molar-refractivity contribution in [3.63, 3.8) is 0 Å². The first-order chi connectivity index (χ1) is 6.72. The molecule has 1 saturated carbocycles. The molecule has 1 atom stereocenters. The molecule has 0 spiro atoms. The summed E-state index contributed by atoms with van der Waals surface area (Å²) in [7, 11) is 0. The quantitative estimate of drug-likeness (QED) is 0.757. The number of aliphatic hydroxyl groups is 1. The van der Waals surface area contributed by atoms with Crippen molar-refractivity contribution in [2.75, 3.05) is 6.61 Å². The summed E-state index contributed by atoms with van der Waals surface area (Å²) >= 11 is 0. The van der Waals surface area contributed by atoms with Crippen LogP contribution in [0.1, 0.15) is 59.8 Å². The van der Waals surface area contributed by atoms with Crippen molar-refractivity contribution in [3.8, 4) is 0 Å². The highest BCUT2D eigenvalue weighted by Gasteiger charge is 2.47. The zero-order valence-corrected chi connectivity index (χ0v) is 10.8. The lowest BCUT2D eigenvalue weighted by Gasteiger charge is -2.52. The third kappa shape index (κ3) is 2.73. The van der Waals surface area contributed by atoms with Crippen LogP contribution in [0.2, 0.25) is 0 Å². The molecule has 1 rings (SSSR count). The Morgan fingerprint density at radius 1 is 1.27 bits per heavy atom. The van der Waals surface area contributed by atoms with E-state index >= 15 is 0 Å². The molecule has 0 radical (unpaired) electrons. The van der Waals surface area contributed by atoms with Gasteiger partial charge in [-0.1, -0.05) is 20.3 Å². The van der Waals surface area contributed by atoms with Crippen LogP contribution in [0, 0.1) is 10.8 Å². The molecule has 0 bridgehead atoms. The van der Waals surface area contributed by atoms with Gasteiger partial charge in [-0.05, 0) is 50.4 Å². The molecule has 1 fully saturated rings. The molecule has 90 valence electrons. The minimum Gasteiger partial charge on any atom is -0.396 e. The minimum atomic E-state index is -0.187. The van der Waals surface area contributed by atoms with Crippen LogP contribution in [0.25, 0.3) is 0 Å². The average molecular weight is 213 g/mol. The fraction of sp³-hybridized carbons (Fsp3) is 1.00. The maximum Gasteiger partial charge on any atom is 0.0437 e. The zero-order valence-electron chi connectivity index (χ0n) is 10.8. The van der Waals surface area contributed by atoms with E-state index in [4.69, 9.17) is 5.73 Å². The van der Waals surface area contributed by atoms with Crippen molar-refractivity contribution >= 4 is 0 Å². The number of hydrogen-bond acceptors (Lipinski definition) is 2. The number of rotatable bonds is 3. The van der Waals surface area contributed by atoms with E-state index in [-0.39, 0.29) is 17.6 Å². The van der Waals surface area contributed by atoms with Crippen LogP contribution in [0.4, 0.5) is 0 Å². The van der Waals surface area contributed by atoms with Crippen LogP contribution in [0.3, 0.4) is 0 Å². The Morgan fingerprint density at radius 3 is 2.27 bits per heavy atom. The first kappa shape index (κ1) is 13.0. The molecule has 3 N–H and O–H groups in total. The molecule has 1 aliphatic rings. The summed E-state index contributed by atoms with van der Waals surface area (Å²) in [6.45, 7) is 9.14. The summed E-state index contributed by atoms with van der Waals surface area (Å²) in [6.07, 6.45) is 5.69. The highest BCUT2D eigenvalue weighted by Crippen LogP contribution is 2.52. The summed E-state index contributed by atoms with van der Waals surface area (Å²) in [4.78, 5) is 0. The summed E-state index contributed by atoms with van der Waals surface area (Å²) < 4.78 is 0. The van der Waals surface area contributed by atoms with Gasteiger partial charge in [-0.15, -0.1) is 0 Å². The summed E-state index contributed by atoms with van der Waals surface area (Å²) in [5.74, 6) is 0. The molecular formula is C13H27NO. The minimum absolute atomic E-state index is 0.128. The Morgan fingerprint density at radius 2 is 1.87 bits per heavy atom. The highest BCUT2D eigenvalue weighted by molar-refractivity contribution is 5.01. The maximum absolute atomic E-state index is 9.26. The van der Waals surface area contributed by atoms with Gasteiger partial charge in [0, 0.05) is 12.1 Å². The van der Waals surface area contributed by atoms with Gasteiger partial charge in [0.15, 0.2) is 0 Å². The largest absolute Gasteiger partial charge is 0.396 e. The molecule has 15 heavy (non-hydrogen) atoms. The molecule has 2 nitrogen and oxygen atoms in total. The van der Waals surface area contributed by atoms with E-state index in [1.807, 2.05) is 0 Å². The molecule has 1 aliphatic carbocycles. The van der Waals surface area contributed by atoms with Crippen LogP contribution < -0.4 is 5.73 Å². The Hall–Kier alpha value is -0.0800. The third-order valence-electron chi connectivity index (χ3n) is 4.28. The van der Waals surface area contributed by atoms with Gasteiger partial charge < -0.3 is 10.8 Å². The molecule has 0 saturated heterocycles. The second-order valence-corrected chi connectivity index (χ2v) is 6.67. The smallest absolute Gasteiger partial charge is 0.0437 e. The standard InChI is InChI=1S/C13H27NO/c1-11(2)6-5-7-13(10-11,8-9-15)12(3,4)14/h15H,5-10,14H2,1-4H3. The fourth-order valence-electron chi connectivity index (χ4n) is 3.30. The second kappa shape index (κ2) is 4.06. The molecule has 0 heterocycles. The van der Waals surface area contributed by atoms with Gasteiger partial charge in [0.1, 0.15) is 0 Å². The normalized spacial score (nSPS) is 31.6. The van der Waals surface area contributed by atoms with Crippen molar-refractivity contribution in [2.45, 2.75) is 65.3 Å². The lowest BCUT2D eigenvalue weighted by Crippen LogP contribution is -2.54. The molecule has 0 aromatic heterocycles. The highest BCUT2D eigenvalue weighted by atomic mass is 16.3. The van der Waals surface area contributed by atoms with E-state index in [2.05, 4.69) is 27.7 Å². The van der Waals surface area contributed by atoms with Crippen LogP contribution in [-0.2, 0) is 0 Å². The number of hydrogen-bond donors (Lipinski definition) is 2. The van der Waals surface area contributed by atoms with E-state index < -0.39 is 0 Å². The van der Waals surface area contributed by atoms with Gasteiger partial charge >= 0.3 is 0 Å². The van der Waals surface area contributed by atoms with Gasteiger partial charge in [0.25, 0.3) is 0 Å². The number of nitrogens with two attached hydrogens (primary N) is 1. The monoisotopic (exact) mass is 213 g/mol. The third-order valence-corrected chi connectivity index (χ3v) is 4.28. The van der Waals surface area contributed by atoms with Gasteiger partial charge in [0.2, 0.25) is 0 Å². The fourth-order valence-corrected chi connectivity index (χ4v) is 3.30. The van der Waals surface area contributed by atoms with Gasteiger partial charge in [0.05, 0.1) is 0 Å². The molecular weight excluding hydrogens is 186 g/mol. The average Bonchev–Trinajstić information content (AvgIpc) is 2.00. The van der Waals surface area contributed by atoms with Crippen LogP contribution in [0.5, 0.6) is 0 Å². The number of aliphatic hydroxyl groups excluding tert-OH is 1. The van der Waals surface area contributed by atoms with Crippen LogP contribution in [0.15, 0.2) is 0 Å². The lowest BCUT2D eigenvalue weighted by atomic mass is 9.55. The maximum atomic E-state index is 9.26. The summed E-state index contributed by atoms with van der Waals surface area (Å²) in [5, 5.41) is 9.26. The predicted octanol–water partition coefficient (Wildman–Crippen LogP) is 2.69. The Bertz CT molecular complexity index is 213. The van der Waals surface area contributed by atoms with Gasteiger partial charge in [-0.3, -0.25) is 0 Å². The lowest BCUT2D eigenvalue weighted by molar-refractivity contribution is 0.00185. The Balaban J connectivity index is 2.91. The van der Waals surface area contributed by atoms with E-state index in [0.29, 0.717) is 5.41 Å². The molecule has 0 amide bonds. The molecule has 0 aromatic carbocycles. The molecule has 1 unspecified atom stereocenters. The SMILES string of the molecule is CC1(C)CCCC(CCO)(C(C)(C)N)C1. The Labute approximate surface area is 94.2 Å². The van der Waals surface area contributed by atoms with Gasteiger partial charge in [-0.25, -0.2) is 0 Å². The molecule has 0 aliphatic heterocycles. The topological polar surface area (TPSA) is 46.2 Å². The molecule has 0 aromatic rings. The van der Waals surface area contributed by atoms with E-state index in [9.17, 15) is 5.11 Å². The van der Waals surface area contributed by atoms with Gasteiger partial charge in [-0.2, -0.15) is 0 Å². The zero-order chi connectivity index (χ0) is 11.7. The van der Waals surface area contributed by atoms with Crippen molar-refractivity contribution in [3.05, 3.63) is 0 Å². The predicted molar refractivity (Wildman–Crippen MR) is 64.7 cm³/mol. The van der Waals surface area contributed by atoms with Crippen molar-refractivity contribution in [2.24, 2.45) is 16.6 Å². The van der Waals surface area contributed by atoms with Crippen molar-refractivity contribution < 1.29 is 5.11 Å². The van der Waals surface area contributed by atoms with Crippen LogP contribution >= 0.6 is 0 Å².